The Bertz CT molecular complexity index is 1140. The minimum atomic E-state index is -0.0755. The minimum Gasteiger partial charge on any atom is -0.341 e. The number of likely N-dealkylation sites (tertiary alicyclic amines) is 1. The van der Waals surface area contributed by atoms with Crippen molar-refractivity contribution in [2.75, 3.05) is 18.8 Å². The normalized spacial score (nSPS) is 19.4. The van der Waals surface area contributed by atoms with Crippen LogP contribution in [0.4, 0.5) is 0 Å². The van der Waals surface area contributed by atoms with Gasteiger partial charge in [-0.15, -0.1) is 11.3 Å². The number of rotatable bonds is 4. The lowest BCUT2D eigenvalue weighted by molar-refractivity contribution is -0.130. The van der Waals surface area contributed by atoms with Crippen molar-refractivity contribution in [3.8, 4) is 5.69 Å². The Morgan fingerprint density at radius 2 is 1.90 bits per heavy atom. The molecule has 2 aromatic heterocycles. The molecule has 2 unspecified atom stereocenters. The summed E-state index contributed by atoms with van der Waals surface area (Å²) in [6.45, 7) is 10.1. The van der Waals surface area contributed by atoms with Gasteiger partial charge in [0.25, 0.3) is 5.56 Å². The molecule has 3 aromatic rings. The highest BCUT2D eigenvalue weighted by Gasteiger charge is 2.26. The number of carbonyl (C=O) groups excluding carboxylic acids is 1. The van der Waals surface area contributed by atoms with Gasteiger partial charge < -0.3 is 4.90 Å². The van der Waals surface area contributed by atoms with Crippen LogP contribution in [-0.4, -0.2) is 39.2 Å². The largest absolute Gasteiger partial charge is 0.341 e. The maximum atomic E-state index is 13.3. The van der Waals surface area contributed by atoms with E-state index in [0.717, 1.165) is 24.3 Å². The van der Waals surface area contributed by atoms with E-state index in [0.29, 0.717) is 27.2 Å². The van der Waals surface area contributed by atoms with Crippen LogP contribution >= 0.6 is 23.1 Å². The summed E-state index contributed by atoms with van der Waals surface area (Å²) in [6.07, 6.45) is 1.17. The fraction of sp³-hybridized carbons (Fsp3) is 0.435. The predicted octanol–water partition coefficient (Wildman–Crippen LogP) is 4.66. The zero-order chi connectivity index (χ0) is 21.4. The van der Waals surface area contributed by atoms with Gasteiger partial charge in [-0.05, 0) is 66.8 Å². The van der Waals surface area contributed by atoms with Crippen LogP contribution in [0.1, 0.15) is 31.4 Å². The Labute approximate surface area is 185 Å². The molecule has 0 saturated carbocycles. The third-order valence-corrected chi connectivity index (χ3v) is 7.56. The lowest BCUT2D eigenvalue weighted by Crippen LogP contribution is -2.43. The van der Waals surface area contributed by atoms with Crippen molar-refractivity contribution in [3.05, 3.63) is 51.1 Å². The molecule has 0 bridgehead atoms. The van der Waals surface area contributed by atoms with Crippen LogP contribution in [0, 0.1) is 25.7 Å². The van der Waals surface area contributed by atoms with Crippen molar-refractivity contribution in [2.24, 2.45) is 11.8 Å². The number of nitrogens with zero attached hydrogens (tertiary/aromatic N) is 3. The first-order valence-electron chi connectivity index (χ1n) is 10.3. The van der Waals surface area contributed by atoms with Crippen LogP contribution < -0.4 is 5.56 Å². The molecular formula is C23H27N3O2S2. The van der Waals surface area contributed by atoms with E-state index in [1.807, 2.05) is 41.5 Å². The second-order valence-corrected chi connectivity index (χ2v) is 10.3. The lowest BCUT2D eigenvalue weighted by atomic mass is 9.92. The number of carbonyl (C=O) groups is 1. The number of thioether (sulfide) groups is 1. The van der Waals surface area contributed by atoms with E-state index in [2.05, 4.69) is 20.8 Å². The summed E-state index contributed by atoms with van der Waals surface area (Å²) >= 11 is 2.76. The van der Waals surface area contributed by atoms with Gasteiger partial charge in [-0.3, -0.25) is 14.2 Å². The van der Waals surface area contributed by atoms with Gasteiger partial charge in [0.2, 0.25) is 5.91 Å². The molecular weight excluding hydrogens is 414 g/mol. The zero-order valence-corrected chi connectivity index (χ0v) is 19.5. The van der Waals surface area contributed by atoms with Crippen molar-refractivity contribution in [2.45, 2.75) is 39.3 Å². The van der Waals surface area contributed by atoms with E-state index in [1.165, 1.54) is 35.1 Å². The van der Waals surface area contributed by atoms with Gasteiger partial charge in [0.05, 0.1) is 17.0 Å². The maximum absolute atomic E-state index is 13.3. The Hall–Kier alpha value is -2.12. The van der Waals surface area contributed by atoms with Crippen molar-refractivity contribution in [1.82, 2.24) is 14.5 Å². The van der Waals surface area contributed by atoms with Crippen LogP contribution in [0.25, 0.3) is 15.9 Å². The summed E-state index contributed by atoms with van der Waals surface area (Å²) in [4.78, 5) is 32.9. The highest BCUT2D eigenvalue weighted by Crippen LogP contribution is 2.26. The quantitative estimate of drug-likeness (QED) is 0.436. The molecule has 1 amide bonds. The predicted molar refractivity (Wildman–Crippen MR) is 125 cm³/mol. The van der Waals surface area contributed by atoms with Crippen molar-refractivity contribution in [1.29, 1.82) is 0 Å². The van der Waals surface area contributed by atoms with Crippen LogP contribution in [0.3, 0.4) is 0 Å². The fourth-order valence-corrected chi connectivity index (χ4v) is 5.84. The van der Waals surface area contributed by atoms with E-state index in [9.17, 15) is 9.59 Å². The van der Waals surface area contributed by atoms with E-state index >= 15 is 0 Å². The first kappa shape index (κ1) is 21.1. The van der Waals surface area contributed by atoms with E-state index < -0.39 is 0 Å². The van der Waals surface area contributed by atoms with Gasteiger partial charge in [0.1, 0.15) is 4.70 Å². The summed E-state index contributed by atoms with van der Waals surface area (Å²) < 4.78 is 2.30. The van der Waals surface area contributed by atoms with Crippen molar-refractivity contribution >= 4 is 39.2 Å². The monoisotopic (exact) mass is 441 g/mol. The average Bonchev–Trinajstić information content (AvgIpc) is 3.17. The molecule has 0 N–H and O–H groups in total. The highest BCUT2D eigenvalue weighted by molar-refractivity contribution is 7.99. The number of benzene rings is 1. The molecule has 1 fully saturated rings. The van der Waals surface area contributed by atoms with Crippen LogP contribution in [0.5, 0.6) is 0 Å². The fourth-order valence-electron chi connectivity index (χ4n) is 4.17. The molecule has 5 nitrogen and oxygen atoms in total. The maximum Gasteiger partial charge on any atom is 0.276 e. The molecule has 30 heavy (non-hydrogen) atoms. The first-order valence-corrected chi connectivity index (χ1v) is 12.2. The summed E-state index contributed by atoms with van der Waals surface area (Å²) in [5.41, 5.74) is 3.71. The number of thiophene rings is 1. The molecule has 3 heterocycles. The van der Waals surface area contributed by atoms with Crippen LogP contribution in [0.2, 0.25) is 0 Å². The Morgan fingerprint density at radius 1 is 1.17 bits per heavy atom. The summed E-state index contributed by atoms with van der Waals surface area (Å²) in [5, 5.41) is 2.46. The molecule has 0 aliphatic carbocycles. The van der Waals surface area contributed by atoms with Crippen molar-refractivity contribution < 1.29 is 4.79 Å². The number of aryl methyl sites for hydroxylation is 2. The summed E-state index contributed by atoms with van der Waals surface area (Å²) in [5.74, 6) is 1.45. The molecule has 2 atom stereocenters. The smallest absolute Gasteiger partial charge is 0.276 e. The molecule has 1 saturated heterocycles. The van der Waals surface area contributed by atoms with Gasteiger partial charge in [-0.1, -0.05) is 31.7 Å². The van der Waals surface area contributed by atoms with E-state index in [1.54, 1.807) is 4.57 Å². The molecule has 158 valence electrons. The first-order chi connectivity index (χ1) is 14.3. The molecule has 7 heteroatoms. The number of aromatic nitrogens is 2. The molecule has 0 spiro atoms. The minimum absolute atomic E-state index is 0.0755. The Morgan fingerprint density at radius 3 is 2.60 bits per heavy atom. The van der Waals surface area contributed by atoms with Gasteiger partial charge in [0.15, 0.2) is 5.16 Å². The number of piperidine rings is 1. The summed E-state index contributed by atoms with van der Waals surface area (Å²) in [7, 11) is 0. The third-order valence-electron chi connectivity index (χ3n) is 5.74. The van der Waals surface area contributed by atoms with Crippen LogP contribution in [0.15, 0.2) is 39.6 Å². The number of hydrogen-bond donors (Lipinski definition) is 0. The average molecular weight is 442 g/mol. The van der Waals surface area contributed by atoms with Crippen molar-refractivity contribution in [3.63, 3.8) is 0 Å². The number of amides is 1. The number of hydrogen-bond acceptors (Lipinski definition) is 5. The van der Waals surface area contributed by atoms with Gasteiger partial charge >= 0.3 is 0 Å². The number of fused-ring (bicyclic) bond motifs is 1. The Balaban J connectivity index is 1.67. The highest BCUT2D eigenvalue weighted by atomic mass is 32.2. The molecule has 0 radical (unpaired) electrons. The standard InChI is InChI=1S/C23H27N3O2S2/c1-14-9-15(2)12-25(11-14)20(27)13-30-23-24-19-7-8-29-21(19)22(28)26(23)18-6-5-16(3)17(4)10-18/h5-8,10,14-15H,9,11-13H2,1-4H3. The van der Waals surface area contributed by atoms with Gasteiger partial charge in [-0.2, -0.15) is 0 Å². The van der Waals surface area contributed by atoms with Gasteiger partial charge in [-0.25, -0.2) is 4.98 Å². The molecule has 1 aromatic carbocycles. The SMILES string of the molecule is Cc1ccc(-n2c(SCC(=O)N3CC(C)CC(C)C3)nc3ccsc3c2=O)cc1C. The second-order valence-electron chi connectivity index (χ2n) is 8.47. The molecule has 1 aliphatic rings. The molecule has 4 rings (SSSR count). The zero-order valence-electron chi connectivity index (χ0n) is 17.8. The molecule has 1 aliphatic heterocycles. The van der Waals surface area contributed by atoms with Gasteiger partial charge in [0, 0.05) is 13.1 Å². The third kappa shape index (κ3) is 4.18. The Kier molecular flexibility index (Phi) is 6.02. The second kappa shape index (κ2) is 8.55. The van der Waals surface area contributed by atoms with Crippen LogP contribution in [-0.2, 0) is 4.79 Å². The topological polar surface area (TPSA) is 55.2 Å². The lowest BCUT2D eigenvalue weighted by Gasteiger charge is -2.35. The van der Waals surface area contributed by atoms with E-state index in [4.69, 9.17) is 4.98 Å². The van der Waals surface area contributed by atoms with E-state index in [-0.39, 0.29) is 17.2 Å². The summed E-state index contributed by atoms with van der Waals surface area (Å²) in [6, 6.07) is 7.85.